The second-order valence-corrected chi connectivity index (χ2v) is 4.31. The number of carbonyl (C=O) groups excluding carboxylic acids is 1. The van der Waals surface area contributed by atoms with E-state index in [0.29, 0.717) is 5.75 Å². The number of rotatable bonds is 1. The molecule has 2 atom stereocenters. The molecule has 0 aromatic carbocycles. The first-order valence-corrected chi connectivity index (χ1v) is 5.19. The number of esters is 1. The van der Waals surface area contributed by atoms with Crippen LogP contribution < -0.4 is 0 Å². The van der Waals surface area contributed by atoms with Crippen LogP contribution in [0.1, 0.15) is 19.8 Å². The van der Waals surface area contributed by atoms with E-state index in [9.17, 15) is 9.00 Å². The van der Waals surface area contributed by atoms with Crippen LogP contribution in [0.25, 0.3) is 0 Å². The molecule has 0 aliphatic carbocycles. The summed E-state index contributed by atoms with van der Waals surface area (Å²) in [6.07, 6.45) is 1.68. The first kappa shape index (κ1) is 8.71. The van der Waals surface area contributed by atoms with Crippen molar-refractivity contribution in [3.05, 3.63) is 0 Å². The SMILES string of the molecule is CC(=O)O[C@@H]1CCCS(=O)C1. The van der Waals surface area contributed by atoms with Crippen molar-refractivity contribution >= 4 is 16.8 Å². The van der Waals surface area contributed by atoms with E-state index in [1.165, 1.54) is 6.92 Å². The van der Waals surface area contributed by atoms with Crippen LogP contribution in [0.15, 0.2) is 0 Å². The quantitative estimate of drug-likeness (QED) is 0.545. The minimum absolute atomic E-state index is 0.0953. The van der Waals surface area contributed by atoms with Crippen LogP contribution in [-0.2, 0) is 20.3 Å². The van der Waals surface area contributed by atoms with E-state index >= 15 is 0 Å². The Hall–Kier alpha value is -0.380. The molecular formula is C7H12O3S. The topological polar surface area (TPSA) is 43.4 Å². The summed E-state index contributed by atoms with van der Waals surface area (Å²) in [5.74, 6) is 1.02. The van der Waals surface area contributed by atoms with Crippen LogP contribution in [0, 0.1) is 0 Å². The van der Waals surface area contributed by atoms with Crippen LogP contribution in [0.5, 0.6) is 0 Å². The van der Waals surface area contributed by atoms with E-state index < -0.39 is 10.8 Å². The molecule has 0 N–H and O–H groups in total. The lowest BCUT2D eigenvalue weighted by Gasteiger charge is -2.20. The maximum atomic E-state index is 11.0. The molecule has 1 aliphatic rings. The van der Waals surface area contributed by atoms with E-state index in [2.05, 4.69) is 0 Å². The molecule has 0 aromatic rings. The lowest BCUT2D eigenvalue weighted by molar-refractivity contribution is -0.145. The molecule has 1 rings (SSSR count). The predicted octanol–water partition coefficient (Wildman–Crippen LogP) is 0.461. The zero-order chi connectivity index (χ0) is 8.27. The number of carbonyl (C=O) groups is 1. The summed E-state index contributed by atoms with van der Waals surface area (Å²) in [7, 11) is -0.764. The highest BCUT2D eigenvalue weighted by Gasteiger charge is 2.20. The first-order valence-electron chi connectivity index (χ1n) is 3.70. The minimum atomic E-state index is -0.764. The van der Waals surface area contributed by atoms with Crippen molar-refractivity contribution in [2.24, 2.45) is 0 Å². The zero-order valence-corrected chi connectivity index (χ0v) is 7.36. The van der Waals surface area contributed by atoms with Gasteiger partial charge in [0.25, 0.3) is 0 Å². The average Bonchev–Trinajstić information content (AvgIpc) is 1.85. The molecule has 0 spiro atoms. The van der Waals surface area contributed by atoms with Crippen molar-refractivity contribution in [3.8, 4) is 0 Å². The lowest BCUT2D eigenvalue weighted by atomic mass is 10.2. The zero-order valence-electron chi connectivity index (χ0n) is 6.54. The molecule has 0 radical (unpaired) electrons. The molecular weight excluding hydrogens is 164 g/mol. The second kappa shape index (κ2) is 3.85. The predicted molar refractivity (Wildman–Crippen MR) is 42.7 cm³/mol. The van der Waals surface area contributed by atoms with Gasteiger partial charge in [0, 0.05) is 23.5 Å². The van der Waals surface area contributed by atoms with E-state index in [0.717, 1.165) is 18.6 Å². The summed E-state index contributed by atoms with van der Waals surface area (Å²) in [4.78, 5) is 10.5. The summed E-state index contributed by atoms with van der Waals surface area (Å²) in [6.45, 7) is 1.39. The Balaban J connectivity index is 2.34. The van der Waals surface area contributed by atoms with E-state index in [1.54, 1.807) is 0 Å². The Morgan fingerprint density at radius 1 is 1.64 bits per heavy atom. The van der Waals surface area contributed by atoms with Gasteiger partial charge in [0.2, 0.25) is 0 Å². The van der Waals surface area contributed by atoms with Crippen LogP contribution in [-0.4, -0.2) is 27.8 Å². The van der Waals surface area contributed by atoms with Gasteiger partial charge in [-0.15, -0.1) is 0 Å². The van der Waals surface area contributed by atoms with E-state index in [1.807, 2.05) is 0 Å². The van der Waals surface area contributed by atoms with Gasteiger partial charge >= 0.3 is 5.97 Å². The third-order valence-electron chi connectivity index (χ3n) is 1.60. The van der Waals surface area contributed by atoms with Gasteiger partial charge in [-0.3, -0.25) is 9.00 Å². The van der Waals surface area contributed by atoms with Crippen LogP contribution >= 0.6 is 0 Å². The normalized spacial score (nSPS) is 31.4. The van der Waals surface area contributed by atoms with Gasteiger partial charge in [-0.1, -0.05) is 0 Å². The lowest BCUT2D eigenvalue weighted by Crippen LogP contribution is -2.28. The fourth-order valence-corrected chi connectivity index (χ4v) is 2.48. The molecule has 0 aromatic heterocycles. The molecule has 1 fully saturated rings. The Labute approximate surface area is 68.6 Å². The van der Waals surface area contributed by atoms with Crippen LogP contribution in [0.2, 0.25) is 0 Å². The first-order chi connectivity index (χ1) is 5.18. The van der Waals surface area contributed by atoms with E-state index in [4.69, 9.17) is 4.74 Å². The molecule has 1 heterocycles. The summed E-state index contributed by atoms with van der Waals surface area (Å²) in [5.41, 5.74) is 0. The fourth-order valence-electron chi connectivity index (χ4n) is 1.17. The van der Waals surface area contributed by atoms with Gasteiger partial charge < -0.3 is 4.74 Å². The smallest absolute Gasteiger partial charge is 0.302 e. The Morgan fingerprint density at radius 2 is 2.36 bits per heavy atom. The van der Waals surface area contributed by atoms with Crippen molar-refractivity contribution in [2.75, 3.05) is 11.5 Å². The average molecular weight is 176 g/mol. The van der Waals surface area contributed by atoms with Gasteiger partial charge in [-0.2, -0.15) is 0 Å². The maximum Gasteiger partial charge on any atom is 0.302 e. The fraction of sp³-hybridized carbons (Fsp3) is 0.857. The van der Waals surface area contributed by atoms with Crippen molar-refractivity contribution < 1.29 is 13.7 Å². The highest BCUT2D eigenvalue weighted by atomic mass is 32.2. The van der Waals surface area contributed by atoms with Gasteiger partial charge in [0.05, 0.1) is 5.75 Å². The maximum absolute atomic E-state index is 11.0. The molecule has 1 unspecified atom stereocenters. The molecule has 11 heavy (non-hydrogen) atoms. The number of hydrogen-bond donors (Lipinski definition) is 0. The Morgan fingerprint density at radius 3 is 2.91 bits per heavy atom. The molecule has 0 saturated carbocycles. The van der Waals surface area contributed by atoms with Gasteiger partial charge in [-0.05, 0) is 12.8 Å². The third kappa shape index (κ3) is 3.01. The molecule has 3 nitrogen and oxygen atoms in total. The summed E-state index contributed by atoms with van der Waals surface area (Å²) in [6, 6.07) is 0. The van der Waals surface area contributed by atoms with Crippen molar-refractivity contribution in [2.45, 2.75) is 25.9 Å². The summed E-state index contributed by atoms with van der Waals surface area (Å²) >= 11 is 0. The molecule has 0 bridgehead atoms. The van der Waals surface area contributed by atoms with Crippen molar-refractivity contribution in [3.63, 3.8) is 0 Å². The van der Waals surface area contributed by atoms with Crippen LogP contribution in [0.4, 0.5) is 0 Å². The van der Waals surface area contributed by atoms with Crippen LogP contribution in [0.3, 0.4) is 0 Å². The van der Waals surface area contributed by atoms with Crippen molar-refractivity contribution in [1.82, 2.24) is 0 Å². The highest BCUT2D eigenvalue weighted by Crippen LogP contribution is 2.12. The Kier molecular flexibility index (Phi) is 3.05. The molecule has 4 heteroatoms. The second-order valence-electron chi connectivity index (χ2n) is 2.68. The monoisotopic (exact) mass is 176 g/mol. The van der Waals surface area contributed by atoms with Gasteiger partial charge in [-0.25, -0.2) is 0 Å². The molecule has 64 valence electrons. The van der Waals surface area contributed by atoms with Gasteiger partial charge in [0.1, 0.15) is 6.10 Å². The standard InChI is InChI=1S/C7H12O3S/c1-6(8)10-7-3-2-4-11(9)5-7/h7H,2-5H2,1H3/t7-,11?/m1/s1. The molecule has 1 saturated heterocycles. The minimum Gasteiger partial charge on any atom is -0.462 e. The third-order valence-corrected chi connectivity index (χ3v) is 3.09. The highest BCUT2D eigenvalue weighted by molar-refractivity contribution is 7.85. The number of hydrogen-bond acceptors (Lipinski definition) is 3. The molecule has 0 amide bonds. The van der Waals surface area contributed by atoms with E-state index in [-0.39, 0.29) is 12.1 Å². The van der Waals surface area contributed by atoms with Gasteiger partial charge in [0.15, 0.2) is 0 Å². The number of ether oxygens (including phenoxy) is 1. The largest absolute Gasteiger partial charge is 0.462 e. The van der Waals surface area contributed by atoms with Crippen molar-refractivity contribution in [1.29, 1.82) is 0 Å². The summed E-state index contributed by atoms with van der Waals surface area (Å²) in [5, 5.41) is 0. The summed E-state index contributed by atoms with van der Waals surface area (Å²) < 4.78 is 15.9. The molecule has 1 aliphatic heterocycles. The Bertz CT molecular complexity index is 177.